The van der Waals surface area contributed by atoms with Crippen molar-refractivity contribution >= 4 is 38.5 Å². The maximum Gasteiger partial charge on any atom is 0.223 e. The van der Waals surface area contributed by atoms with Gasteiger partial charge in [0.25, 0.3) is 0 Å². The second-order valence-corrected chi connectivity index (χ2v) is 11.5. The molecule has 3 aromatic carbocycles. The number of phenols is 1. The molecule has 9 heteroatoms. The third-order valence-corrected chi connectivity index (χ3v) is 8.53. The van der Waals surface area contributed by atoms with Crippen LogP contribution in [-0.4, -0.2) is 59.3 Å². The Labute approximate surface area is 255 Å². The Bertz CT molecular complexity index is 1940. The van der Waals surface area contributed by atoms with Crippen molar-refractivity contribution in [3.63, 3.8) is 0 Å². The highest BCUT2D eigenvalue weighted by Crippen LogP contribution is 2.43. The largest absolute Gasteiger partial charge is 0.508 e. The lowest BCUT2D eigenvalue weighted by Gasteiger charge is -2.21. The summed E-state index contributed by atoms with van der Waals surface area (Å²) >= 11 is 0. The van der Waals surface area contributed by atoms with E-state index in [1.807, 2.05) is 43.3 Å². The van der Waals surface area contributed by atoms with Crippen molar-refractivity contribution in [2.24, 2.45) is 0 Å². The van der Waals surface area contributed by atoms with Gasteiger partial charge in [-0.05, 0) is 78.9 Å². The number of aryl methyl sites for hydroxylation is 2. The van der Waals surface area contributed by atoms with Crippen LogP contribution in [0, 0.1) is 17.1 Å². The van der Waals surface area contributed by atoms with E-state index in [0.29, 0.717) is 53.8 Å². The summed E-state index contributed by atoms with van der Waals surface area (Å²) < 4.78 is 25.4. The number of benzene rings is 3. The molecule has 0 radical (unpaired) electrons. The average Bonchev–Trinajstić information content (AvgIpc) is 3.67. The van der Waals surface area contributed by atoms with Gasteiger partial charge in [-0.3, -0.25) is 4.79 Å². The predicted octanol–water partition coefficient (Wildman–Crippen LogP) is 6.26. The SMILES string of the molecule is CCOc1nc2c(F)c(-c3cc(O)cc4ccccc34)c(CCC#N)cc2c2c1cc(CCC(=O)N(C)C)n2C1CCNC1. The molecule has 226 valence electrons. The maximum atomic E-state index is 17.2. The number of nitrogens with one attached hydrogen (secondary N) is 1. The van der Waals surface area contributed by atoms with E-state index < -0.39 is 5.82 Å². The first-order valence-electron chi connectivity index (χ1n) is 15.1. The number of hydrogen-bond donors (Lipinski definition) is 2. The summed E-state index contributed by atoms with van der Waals surface area (Å²) in [6.07, 6.45) is 2.28. The first-order chi connectivity index (χ1) is 21.3. The Morgan fingerprint density at radius 1 is 1.18 bits per heavy atom. The first-order valence-corrected chi connectivity index (χ1v) is 15.1. The van der Waals surface area contributed by atoms with E-state index in [4.69, 9.17) is 9.72 Å². The number of fused-ring (bicyclic) bond motifs is 4. The number of phenolic OH excluding ortho intramolecular Hbond substituents is 1. The van der Waals surface area contributed by atoms with Gasteiger partial charge in [0.05, 0.1) is 23.6 Å². The summed E-state index contributed by atoms with van der Waals surface area (Å²) in [5.74, 6) is -0.111. The van der Waals surface area contributed by atoms with E-state index in [-0.39, 0.29) is 29.6 Å². The van der Waals surface area contributed by atoms with Gasteiger partial charge in [-0.2, -0.15) is 5.26 Å². The minimum absolute atomic E-state index is 0.0300. The van der Waals surface area contributed by atoms with Crippen LogP contribution in [0.15, 0.2) is 48.5 Å². The summed E-state index contributed by atoms with van der Waals surface area (Å²) in [5, 5.41) is 26.6. The second kappa shape index (κ2) is 12.1. The van der Waals surface area contributed by atoms with Crippen LogP contribution < -0.4 is 10.1 Å². The molecular formula is C35H36FN5O3. The lowest BCUT2D eigenvalue weighted by Crippen LogP contribution is -2.23. The Morgan fingerprint density at radius 3 is 2.73 bits per heavy atom. The average molecular weight is 594 g/mol. The molecule has 44 heavy (non-hydrogen) atoms. The molecular weight excluding hydrogens is 557 g/mol. The topological polar surface area (TPSA) is 103 Å². The van der Waals surface area contributed by atoms with Crippen molar-refractivity contribution < 1.29 is 19.0 Å². The molecule has 0 aliphatic carbocycles. The molecule has 1 atom stereocenters. The van der Waals surface area contributed by atoms with Crippen LogP contribution in [0.25, 0.3) is 43.7 Å². The minimum atomic E-state index is -0.518. The summed E-state index contributed by atoms with van der Waals surface area (Å²) in [6.45, 7) is 3.84. The van der Waals surface area contributed by atoms with Crippen LogP contribution in [-0.2, 0) is 17.6 Å². The van der Waals surface area contributed by atoms with Gasteiger partial charge in [-0.1, -0.05) is 24.3 Å². The van der Waals surface area contributed by atoms with Gasteiger partial charge in [-0.15, -0.1) is 0 Å². The molecule has 1 fully saturated rings. The Morgan fingerprint density at radius 2 is 2.00 bits per heavy atom. The molecule has 0 saturated carbocycles. The van der Waals surface area contributed by atoms with Crippen LogP contribution in [0.2, 0.25) is 0 Å². The van der Waals surface area contributed by atoms with E-state index in [1.54, 1.807) is 31.1 Å². The van der Waals surface area contributed by atoms with Gasteiger partial charge in [0.2, 0.25) is 11.8 Å². The third-order valence-electron chi connectivity index (χ3n) is 8.53. The summed E-state index contributed by atoms with van der Waals surface area (Å²) in [6, 6.07) is 17.1. The van der Waals surface area contributed by atoms with Gasteiger partial charge in [0.1, 0.15) is 11.3 Å². The Hall–Kier alpha value is -4.68. The van der Waals surface area contributed by atoms with Crippen LogP contribution in [0.4, 0.5) is 4.39 Å². The molecule has 2 aromatic heterocycles. The smallest absolute Gasteiger partial charge is 0.223 e. The molecule has 1 aliphatic heterocycles. The third kappa shape index (κ3) is 5.20. The molecule has 6 rings (SSSR count). The zero-order chi connectivity index (χ0) is 31.0. The fourth-order valence-corrected chi connectivity index (χ4v) is 6.52. The second-order valence-electron chi connectivity index (χ2n) is 11.5. The number of ether oxygens (including phenoxy) is 1. The number of carbonyl (C=O) groups is 1. The number of nitriles is 1. The number of aromatic hydroxyl groups is 1. The number of carbonyl (C=O) groups excluding carboxylic acids is 1. The van der Waals surface area contributed by atoms with E-state index in [9.17, 15) is 15.2 Å². The quantitative estimate of drug-likeness (QED) is 0.209. The van der Waals surface area contributed by atoms with Crippen molar-refractivity contribution in [1.82, 2.24) is 19.8 Å². The van der Waals surface area contributed by atoms with Gasteiger partial charge in [0.15, 0.2) is 5.82 Å². The molecule has 5 aromatic rings. The molecule has 2 N–H and O–H groups in total. The zero-order valence-corrected chi connectivity index (χ0v) is 25.3. The summed E-state index contributed by atoms with van der Waals surface area (Å²) in [5.41, 5.74) is 3.51. The van der Waals surface area contributed by atoms with Crippen molar-refractivity contribution in [2.45, 2.75) is 45.1 Å². The van der Waals surface area contributed by atoms with Crippen LogP contribution in [0.1, 0.15) is 43.5 Å². The summed E-state index contributed by atoms with van der Waals surface area (Å²) in [4.78, 5) is 19.0. The van der Waals surface area contributed by atoms with Crippen molar-refractivity contribution in [1.29, 1.82) is 5.26 Å². The van der Waals surface area contributed by atoms with E-state index in [1.165, 1.54) is 0 Å². The number of pyridine rings is 1. The molecule has 0 bridgehead atoms. The van der Waals surface area contributed by atoms with Gasteiger partial charge < -0.3 is 24.6 Å². The number of hydrogen-bond acceptors (Lipinski definition) is 6. The standard InChI is InChI=1S/C35H36FN5O3/c1-4-44-35-29-18-23(11-12-30(43)40(2)3)41(24-13-15-38-20-24)34(29)28-17-22(9-7-14-37)31(32(36)33(28)39-35)27-19-25(42)16-21-8-5-6-10-26(21)27/h5-6,8,10,16-19,24,38,42H,4,7,9,11-13,15,20H2,1-3H3. The van der Waals surface area contributed by atoms with Gasteiger partial charge >= 0.3 is 0 Å². The number of rotatable bonds is 9. The number of aromatic nitrogens is 2. The molecule has 3 heterocycles. The van der Waals surface area contributed by atoms with Crippen LogP contribution in [0.5, 0.6) is 11.6 Å². The monoisotopic (exact) mass is 593 g/mol. The fraction of sp³-hybridized carbons (Fsp3) is 0.343. The molecule has 1 unspecified atom stereocenters. The van der Waals surface area contributed by atoms with Gasteiger partial charge in [-0.25, -0.2) is 9.37 Å². The Balaban J connectivity index is 1.69. The first kappa shape index (κ1) is 29.4. The lowest BCUT2D eigenvalue weighted by atomic mass is 9.90. The maximum absolute atomic E-state index is 17.2. The number of amides is 1. The van der Waals surface area contributed by atoms with Crippen molar-refractivity contribution in [3.05, 3.63) is 65.6 Å². The van der Waals surface area contributed by atoms with Crippen molar-refractivity contribution in [3.8, 4) is 28.8 Å². The number of nitrogens with zero attached hydrogens (tertiary/aromatic N) is 4. The normalized spacial score (nSPS) is 14.8. The fourth-order valence-electron chi connectivity index (χ4n) is 6.52. The molecule has 8 nitrogen and oxygen atoms in total. The minimum Gasteiger partial charge on any atom is -0.508 e. The number of halogens is 1. The van der Waals surface area contributed by atoms with E-state index >= 15 is 4.39 Å². The summed E-state index contributed by atoms with van der Waals surface area (Å²) in [7, 11) is 3.50. The molecule has 1 aliphatic rings. The van der Waals surface area contributed by atoms with Gasteiger partial charge in [0, 0.05) is 56.2 Å². The van der Waals surface area contributed by atoms with Crippen molar-refractivity contribution in [2.75, 3.05) is 33.8 Å². The highest BCUT2D eigenvalue weighted by Gasteiger charge is 2.28. The van der Waals surface area contributed by atoms with Crippen LogP contribution in [0.3, 0.4) is 0 Å². The zero-order valence-electron chi connectivity index (χ0n) is 25.3. The Kier molecular flexibility index (Phi) is 8.11. The van der Waals surface area contributed by atoms with E-state index in [2.05, 4.69) is 16.0 Å². The predicted molar refractivity (Wildman–Crippen MR) is 170 cm³/mol. The molecule has 0 spiro atoms. The highest BCUT2D eigenvalue weighted by atomic mass is 19.1. The molecule has 1 amide bonds. The highest BCUT2D eigenvalue weighted by molar-refractivity contribution is 6.10. The van der Waals surface area contributed by atoms with E-state index in [0.717, 1.165) is 46.9 Å². The lowest BCUT2D eigenvalue weighted by molar-refractivity contribution is -0.128. The van der Waals surface area contributed by atoms with Crippen LogP contribution >= 0.6 is 0 Å². The molecule has 1 saturated heterocycles.